The molecule has 0 spiro atoms. The van der Waals surface area contributed by atoms with Crippen molar-refractivity contribution in [1.82, 2.24) is 14.9 Å². The summed E-state index contributed by atoms with van der Waals surface area (Å²) >= 11 is 1.29. The van der Waals surface area contributed by atoms with Crippen LogP contribution < -0.4 is 5.32 Å². The molecule has 2 rings (SSSR count). The van der Waals surface area contributed by atoms with Crippen molar-refractivity contribution in [3.63, 3.8) is 0 Å². The van der Waals surface area contributed by atoms with Gasteiger partial charge in [-0.2, -0.15) is 0 Å². The molecule has 102 valence electrons. The maximum atomic E-state index is 13.7. The topological polar surface area (TPSA) is 37.8 Å². The highest BCUT2D eigenvalue weighted by molar-refractivity contribution is 7.05. The highest BCUT2D eigenvalue weighted by atomic mass is 32.1. The van der Waals surface area contributed by atoms with E-state index in [0.717, 1.165) is 23.2 Å². The summed E-state index contributed by atoms with van der Waals surface area (Å²) in [7, 11) is 0. The Kier molecular flexibility index (Phi) is 4.55. The lowest BCUT2D eigenvalue weighted by Gasteiger charge is -2.17. The van der Waals surface area contributed by atoms with E-state index in [4.69, 9.17) is 0 Å². The molecule has 19 heavy (non-hydrogen) atoms. The number of halogens is 2. The van der Waals surface area contributed by atoms with E-state index in [1.807, 2.05) is 13.8 Å². The number of hydrogen-bond acceptors (Lipinski definition) is 4. The average Bonchev–Trinajstić information content (AvgIpc) is 2.80. The van der Waals surface area contributed by atoms with Crippen LogP contribution in [0.1, 0.15) is 29.1 Å². The number of aromatic nitrogens is 2. The smallest absolute Gasteiger partial charge is 0.162 e. The van der Waals surface area contributed by atoms with Gasteiger partial charge in [-0.3, -0.25) is 0 Å². The zero-order valence-corrected chi connectivity index (χ0v) is 11.6. The van der Waals surface area contributed by atoms with Gasteiger partial charge in [0, 0.05) is 6.04 Å². The summed E-state index contributed by atoms with van der Waals surface area (Å²) in [6, 6.07) is 4.16. The van der Waals surface area contributed by atoms with Gasteiger partial charge in [0.25, 0.3) is 0 Å². The molecule has 3 nitrogen and oxygen atoms in total. The lowest BCUT2D eigenvalue weighted by molar-refractivity contribution is 0.482. The van der Waals surface area contributed by atoms with Crippen LogP contribution in [0.25, 0.3) is 0 Å². The van der Waals surface area contributed by atoms with E-state index in [1.165, 1.54) is 17.6 Å². The lowest BCUT2D eigenvalue weighted by Crippen LogP contribution is -2.23. The summed E-state index contributed by atoms with van der Waals surface area (Å²) in [6.45, 7) is 4.57. The van der Waals surface area contributed by atoms with E-state index in [2.05, 4.69) is 14.9 Å². The Balaban J connectivity index is 2.27. The van der Waals surface area contributed by atoms with Crippen molar-refractivity contribution < 1.29 is 8.78 Å². The van der Waals surface area contributed by atoms with Gasteiger partial charge in [0.2, 0.25) is 0 Å². The molecule has 0 aliphatic heterocycles. The molecule has 0 saturated heterocycles. The molecule has 1 unspecified atom stereocenters. The first-order valence-corrected chi connectivity index (χ1v) is 6.86. The van der Waals surface area contributed by atoms with Gasteiger partial charge in [0.15, 0.2) is 11.6 Å². The van der Waals surface area contributed by atoms with Gasteiger partial charge >= 0.3 is 0 Å². The van der Waals surface area contributed by atoms with Crippen molar-refractivity contribution in [2.45, 2.75) is 26.3 Å². The molecule has 1 N–H and O–H groups in total. The summed E-state index contributed by atoms with van der Waals surface area (Å²) in [5, 5.41) is 7.22. The maximum Gasteiger partial charge on any atom is 0.162 e. The molecule has 1 atom stereocenters. The molecule has 0 aliphatic rings. The molecule has 6 heteroatoms. The molecule has 0 radical (unpaired) electrons. The quantitative estimate of drug-likeness (QED) is 0.916. The van der Waals surface area contributed by atoms with Gasteiger partial charge in [-0.15, -0.1) is 5.10 Å². The minimum Gasteiger partial charge on any atom is -0.309 e. The van der Waals surface area contributed by atoms with Crippen LogP contribution in [0.4, 0.5) is 8.78 Å². The van der Waals surface area contributed by atoms with Crippen LogP contribution in [0.15, 0.2) is 18.2 Å². The molecule has 0 amide bonds. The highest BCUT2D eigenvalue weighted by Crippen LogP contribution is 2.25. The first kappa shape index (κ1) is 14.0. The highest BCUT2D eigenvalue weighted by Gasteiger charge is 2.19. The Labute approximate surface area is 114 Å². The van der Waals surface area contributed by atoms with Crippen LogP contribution in [0.2, 0.25) is 0 Å². The molecule has 1 aromatic heterocycles. The van der Waals surface area contributed by atoms with E-state index in [9.17, 15) is 8.78 Å². The predicted octanol–water partition coefficient (Wildman–Crippen LogP) is 3.02. The van der Waals surface area contributed by atoms with Crippen LogP contribution in [0, 0.1) is 18.6 Å². The van der Waals surface area contributed by atoms with Crippen molar-refractivity contribution in [3.8, 4) is 0 Å². The third-order valence-corrected chi connectivity index (χ3v) is 3.85. The number of nitrogens with one attached hydrogen (secondary N) is 1. The fraction of sp³-hybridized carbons (Fsp3) is 0.385. The first-order chi connectivity index (χ1) is 9.13. The SMILES string of the molecule is CCNC(Cc1cccc(F)c1F)c1snnc1C. The van der Waals surface area contributed by atoms with Gasteiger partial charge in [-0.1, -0.05) is 23.5 Å². The van der Waals surface area contributed by atoms with E-state index >= 15 is 0 Å². The van der Waals surface area contributed by atoms with Crippen LogP contribution in [-0.4, -0.2) is 16.1 Å². The average molecular weight is 283 g/mol. The van der Waals surface area contributed by atoms with E-state index < -0.39 is 11.6 Å². The Morgan fingerprint density at radius 1 is 1.37 bits per heavy atom. The first-order valence-electron chi connectivity index (χ1n) is 6.08. The monoisotopic (exact) mass is 283 g/mol. The predicted molar refractivity (Wildman–Crippen MR) is 71.1 cm³/mol. The summed E-state index contributed by atoms with van der Waals surface area (Å²) in [6.07, 6.45) is 0.377. The largest absolute Gasteiger partial charge is 0.309 e. The van der Waals surface area contributed by atoms with Crippen molar-refractivity contribution in [1.29, 1.82) is 0 Å². The fourth-order valence-electron chi connectivity index (χ4n) is 1.99. The standard InChI is InChI=1S/C13H15F2N3S/c1-3-16-11(13-8(2)17-18-19-13)7-9-5-4-6-10(14)12(9)15/h4-6,11,16H,3,7H2,1-2H3. The van der Waals surface area contributed by atoms with Crippen LogP contribution >= 0.6 is 11.5 Å². The molecule has 0 saturated carbocycles. The zero-order chi connectivity index (χ0) is 13.8. The molecule has 0 bridgehead atoms. The number of likely N-dealkylation sites (N-methyl/N-ethyl adjacent to an activating group) is 1. The van der Waals surface area contributed by atoms with Gasteiger partial charge < -0.3 is 5.32 Å². The summed E-state index contributed by atoms with van der Waals surface area (Å²) in [5.74, 6) is -1.59. The number of rotatable bonds is 5. The van der Waals surface area contributed by atoms with Gasteiger partial charge in [-0.05, 0) is 43.1 Å². The molecule has 0 fully saturated rings. The Bertz CT molecular complexity index is 557. The Hall–Kier alpha value is -1.40. The molecule has 1 heterocycles. The third-order valence-electron chi connectivity index (χ3n) is 2.91. The van der Waals surface area contributed by atoms with Crippen LogP contribution in [0.5, 0.6) is 0 Å². The van der Waals surface area contributed by atoms with E-state index in [-0.39, 0.29) is 6.04 Å². The number of nitrogens with zero attached hydrogens (tertiary/aromatic N) is 2. The summed E-state index contributed by atoms with van der Waals surface area (Å²) in [4.78, 5) is 0.963. The Morgan fingerprint density at radius 2 is 2.16 bits per heavy atom. The second-order valence-electron chi connectivity index (χ2n) is 4.25. The van der Waals surface area contributed by atoms with Crippen molar-refractivity contribution in [3.05, 3.63) is 46.0 Å². The van der Waals surface area contributed by atoms with E-state index in [0.29, 0.717) is 12.0 Å². The number of benzene rings is 1. The maximum absolute atomic E-state index is 13.7. The van der Waals surface area contributed by atoms with Crippen molar-refractivity contribution >= 4 is 11.5 Å². The van der Waals surface area contributed by atoms with Gasteiger partial charge in [0.1, 0.15) is 0 Å². The number of aryl methyl sites for hydroxylation is 1. The minimum atomic E-state index is -0.813. The molecule has 2 aromatic rings. The molecule has 0 aliphatic carbocycles. The van der Waals surface area contributed by atoms with Crippen LogP contribution in [-0.2, 0) is 6.42 Å². The Morgan fingerprint density at radius 3 is 2.79 bits per heavy atom. The second kappa shape index (κ2) is 6.16. The lowest BCUT2D eigenvalue weighted by atomic mass is 10.0. The summed E-state index contributed by atoms with van der Waals surface area (Å²) < 4.78 is 30.8. The fourth-order valence-corrected chi connectivity index (χ4v) is 2.70. The van der Waals surface area contributed by atoms with Gasteiger partial charge in [0.05, 0.1) is 10.6 Å². The normalized spacial score (nSPS) is 12.6. The summed E-state index contributed by atoms with van der Waals surface area (Å²) in [5.41, 5.74) is 1.19. The molecular formula is C13H15F2N3S. The molecule has 1 aromatic carbocycles. The van der Waals surface area contributed by atoms with Crippen molar-refractivity contribution in [2.75, 3.05) is 6.54 Å². The third kappa shape index (κ3) is 3.13. The van der Waals surface area contributed by atoms with E-state index in [1.54, 1.807) is 6.07 Å². The zero-order valence-electron chi connectivity index (χ0n) is 10.8. The van der Waals surface area contributed by atoms with Crippen LogP contribution in [0.3, 0.4) is 0 Å². The van der Waals surface area contributed by atoms with Crippen molar-refractivity contribution in [2.24, 2.45) is 0 Å². The van der Waals surface area contributed by atoms with Gasteiger partial charge in [-0.25, -0.2) is 8.78 Å². The molecular weight excluding hydrogens is 268 g/mol. The minimum absolute atomic E-state index is 0.0960. The second-order valence-corrected chi connectivity index (χ2v) is 5.04. The number of hydrogen-bond donors (Lipinski definition) is 1.